The van der Waals surface area contributed by atoms with Gasteiger partial charge in [0.2, 0.25) is 0 Å². The first-order chi connectivity index (χ1) is 7.59. The first-order valence-electron chi connectivity index (χ1n) is 4.91. The third-order valence-corrected chi connectivity index (χ3v) is 2.43. The molecule has 0 aromatic heterocycles. The Hall–Kier alpha value is -2.04. The fourth-order valence-corrected chi connectivity index (χ4v) is 1.50. The van der Waals surface area contributed by atoms with Gasteiger partial charge in [-0.25, -0.2) is 5.01 Å². The Morgan fingerprint density at radius 2 is 2.12 bits per heavy atom. The van der Waals surface area contributed by atoms with Gasteiger partial charge in [-0.15, -0.1) is 0 Å². The Bertz CT molecular complexity index is 446. The molecule has 0 aliphatic carbocycles. The molecule has 2 aliphatic rings. The van der Waals surface area contributed by atoms with E-state index in [0.717, 1.165) is 5.71 Å². The minimum Gasteiger partial charge on any atom is -0.447 e. The highest BCUT2D eigenvalue weighted by Crippen LogP contribution is 2.16. The maximum Gasteiger partial charge on any atom is 0.275 e. The number of likely N-dealkylation sites (N-methyl/N-ethyl adjacent to an activating group) is 1. The van der Waals surface area contributed by atoms with E-state index in [1.165, 1.54) is 5.01 Å². The summed E-state index contributed by atoms with van der Waals surface area (Å²) in [5.74, 6) is 0.589. The molecular formula is C11H13N3O2. The van der Waals surface area contributed by atoms with Crippen LogP contribution in [0.5, 0.6) is 0 Å². The zero-order chi connectivity index (χ0) is 11.7. The Morgan fingerprint density at radius 3 is 2.62 bits per heavy atom. The van der Waals surface area contributed by atoms with Crippen LogP contribution >= 0.6 is 0 Å². The quantitative estimate of drug-likeness (QED) is 0.619. The van der Waals surface area contributed by atoms with Gasteiger partial charge in [-0.3, -0.25) is 4.79 Å². The second kappa shape index (κ2) is 3.84. The molecule has 84 valence electrons. The summed E-state index contributed by atoms with van der Waals surface area (Å²) in [5.41, 5.74) is 1.32. The molecule has 0 aromatic rings. The summed E-state index contributed by atoms with van der Waals surface area (Å²) in [6, 6.07) is 0. The van der Waals surface area contributed by atoms with Crippen molar-refractivity contribution in [2.24, 2.45) is 5.10 Å². The number of carbonyl (C=O) groups excluding carboxylic acids is 1. The number of rotatable bonds is 1. The minimum atomic E-state index is -0.0945. The van der Waals surface area contributed by atoms with Gasteiger partial charge in [0.1, 0.15) is 6.26 Å². The van der Waals surface area contributed by atoms with Crippen LogP contribution in [0.25, 0.3) is 0 Å². The topological polar surface area (TPSA) is 45.1 Å². The van der Waals surface area contributed by atoms with Gasteiger partial charge in [-0.1, -0.05) is 0 Å². The van der Waals surface area contributed by atoms with Crippen molar-refractivity contribution < 1.29 is 9.53 Å². The zero-order valence-corrected chi connectivity index (χ0v) is 9.47. The third-order valence-electron chi connectivity index (χ3n) is 2.43. The molecule has 0 bridgehead atoms. The molecule has 0 atom stereocenters. The number of allylic oxidation sites excluding steroid dienone is 2. The van der Waals surface area contributed by atoms with E-state index >= 15 is 0 Å². The third kappa shape index (κ3) is 1.71. The number of hydrazone groups is 1. The number of amides is 1. The van der Waals surface area contributed by atoms with Crippen molar-refractivity contribution in [3.05, 3.63) is 36.1 Å². The van der Waals surface area contributed by atoms with Crippen LogP contribution in [0.4, 0.5) is 0 Å². The van der Waals surface area contributed by atoms with Gasteiger partial charge >= 0.3 is 0 Å². The van der Waals surface area contributed by atoms with E-state index in [1.807, 2.05) is 18.9 Å². The smallest absolute Gasteiger partial charge is 0.275 e. The molecule has 0 fully saturated rings. The molecule has 0 unspecified atom stereocenters. The Balaban J connectivity index is 2.20. The van der Waals surface area contributed by atoms with Gasteiger partial charge in [0.25, 0.3) is 5.91 Å². The normalized spacial score (nSPS) is 24.7. The molecule has 2 rings (SSSR count). The van der Waals surface area contributed by atoms with E-state index < -0.39 is 0 Å². The standard InChI is InChI=1S/C11H13N3O2/c1-8-9(11(15)14(3)12-8)4-5-10-13(2)6-7-16-10/h4-7H,1-3H3/b9-4+,10-5+. The second-order valence-corrected chi connectivity index (χ2v) is 3.61. The molecule has 0 aromatic carbocycles. The molecule has 2 heterocycles. The molecule has 0 spiro atoms. The Labute approximate surface area is 94.0 Å². The van der Waals surface area contributed by atoms with E-state index in [1.54, 1.807) is 31.7 Å². The van der Waals surface area contributed by atoms with Crippen molar-refractivity contribution in [2.45, 2.75) is 6.92 Å². The summed E-state index contributed by atoms with van der Waals surface area (Å²) in [5, 5.41) is 5.38. The van der Waals surface area contributed by atoms with E-state index in [-0.39, 0.29) is 5.91 Å². The van der Waals surface area contributed by atoms with Crippen molar-refractivity contribution >= 4 is 11.6 Å². The van der Waals surface area contributed by atoms with Gasteiger partial charge in [0.05, 0.1) is 11.3 Å². The lowest BCUT2D eigenvalue weighted by molar-refractivity contribution is -0.124. The highest BCUT2D eigenvalue weighted by atomic mass is 16.5. The van der Waals surface area contributed by atoms with Crippen molar-refractivity contribution in [1.29, 1.82) is 0 Å². The maximum atomic E-state index is 11.6. The molecule has 16 heavy (non-hydrogen) atoms. The molecule has 0 radical (unpaired) electrons. The lowest BCUT2D eigenvalue weighted by Gasteiger charge is -2.07. The predicted octanol–water partition coefficient (Wildman–Crippen LogP) is 1.04. The molecule has 0 saturated heterocycles. The summed E-state index contributed by atoms with van der Waals surface area (Å²) < 4.78 is 5.22. The SMILES string of the molecule is CC1=NN(C)C(=O)/C1=C/C=C1/OC=CN1C. The van der Waals surface area contributed by atoms with E-state index in [2.05, 4.69) is 5.10 Å². The number of ether oxygens (including phenoxy) is 1. The highest BCUT2D eigenvalue weighted by molar-refractivity contribution is 6.23. The van der Waals surface area contributed by atoms with Crippen LogP contribution in [0.1, 0.15) is 6.92 Å². The predicted molar refractivity (Wildman–Crippen MR) is 60.0 cm³/mol. The first-order valence-corrected chi connectivity index (χ1v) is 4.91. The fraction of sp³-hybridized carbons (Fsp3) is 0.273. The fourth-order valence-electron chi connectivity index (χ4n) is 1.50. The lowest BCUT2D eigenvalue weighted by atomic mass is 10.1. The van der Waals surface area contributed by atoms with Crippen molar-refractivity contribution in [1.82, 2.24) is 9.91 Å². The highest BCUT2D eigenvalue weighted by Gasteiger charge is 2.23. The van der Waals surface area contributed by atoms with Gasteiger partial charge in [0.15, 0.2) is 5.88 Å². The van der Waals surface area contributed by atoms with E-state index in [9.17, 15) is 4.79 Å². The zero-order valence-electron chi connectivity index (χ0n) is 9.47. The first kappa shape index (κ1) is 10.5. The van der Waals surface area contributed by atoms with E-state index in [0.29, 0.717) is 11.5 Å². The van der Waals surface area contributed by atoms with E-state index in [4.69, 9.17) is 4.74 Å². The minimum absolute atomic E-state index is 0.0945. The van der Waals surface area contributed by atoms with Crippen LogP contribution in [0.15, 0.2) is 41.2 Å². The molecule has 0 N–H and O–H groups in total. The van der Waals surface area contributed by atoms with Crippen molar-refractivity contribution in [3.8, 4) is 0 Å². The average molecular weight is 219 g/mol. The van der Waals surface area contributed by atoms with Crippen LogP contribution in [-0.2, 0) is 9.53 Å². The molecule has 1 amide bonds. The molecule has 5 nitrogen and oxygen atoms in total. The molecular weight excluding hydrogens is 206 g/mol. The average Bonchev–Trinajstić information content (AvgIpc) is 2.72. The van der Waals surface area contributed by atoms with Crippen molar-refractivity contribution in [3.63, 3.8) is 0 Å². The lowest BCUT2D eigenvalue weighted by Crippen LogP contribution is -2.16. The van der Waals surface area contributed by atoms with Crippen LogP contribution in [0, 0.1) is 0 Å². The molecule has 5 heteroatoms. The maximum absolute atomic E-state index is 11.6. The van der Waals surface area contributed by atoms with Gasteiger partial charge in [-0.05, 0) is 19.1 Å². The van der Waals surface area contributed by atoms with Crippen molar-refractivity contribution in [2.75, 3.05) is 14.1 Å². The summed E-state index contributed by atoms with van der Waals surface area (Å²) in [7, 11) is 3.51. The number of carbonyl (C=O) groups is 1. The largest absolute Gasteiger partial charge is 0.447 e. The van der Waals surface area contributed by atoms with Gasteiger partial charge in [-0.2, -0.15) is 5.10 Å². The second-order valence-electron chi connectivity index (χ2n) is 3.61. The Kier molecular flexibility index (Phi) is 2.52. The summed E-state index contributed by atoms with van der Waals surface area (Å²) >= 11 is 0. The van der Waals surface area contributed by atoms with Crippen LogP contribution in [0.2, 0.25) is 0 Å². The Morgan fingerprint density at radius 1 is 1.38 bits per heavy atom. The van der Waals surface area contributed by atoms with Crippen LogP contribution < -0.4 is 0 Å². The molecule has 0 saturated carbocycles. The number of hydrogen-bond donors (Lipinski definition) is 0. The van der Waals surface area contributed by atoms with Crippen LogP contribution in [-0.4, -0.2) is 35.6 Å². The summed E-state index contributed by atoms with van der Waals surface area (Å²) in [6.45, 7) is 1.81. The van der Waals surface area contributed by atoms with Gasteiger partial charge in [0, 0.05) is 20.3 Å². The van der Waals surface area contributed by atoms with Crippen LogP contribution in [0.3, 0.4) is 0 Å². The summed E-state index contributed by atoms with van der Waals surface area (Å²) in [6.07, 6.45) is 6.87. The monoisotopic (exact) mass is 219 g/mol. The number of hydrogen-bond acceptors (Lipinski definition) is 4. The number of nitrogens with zero attached hydrogens (tertiary/aromatic N) is 3. The summed E-state index contributed by atoms with van der Waals surface area (Å²) in [4.78, 5) is 13.5. The molecule has 2 aliphatic heterocycles. The van der Waals surface area contributed by atoms with Gasteiger partial charge < -0.3 is 9.64 Å².